The summed E-state index contributed by atoms with van der Waals surface area (Å²) in [5, 5.41) is 6.62. The molecule has 0 bridgehead atoms. The maximum Gasteiger partial charge on any atom is 0.237 e. The van der Waals surface area contributed by atoms with Crippen molar-refractivity contribution >= 4 is 5.91 Å². The van der Waals surface area contributed by atoms with Crippen molar-refractivity contribution < 1.29 is 9.53 Å². The smallest absolute Gasteiger partial charge is 0.237 e. The van der Waals surface area contributed by atoms with Crippen LogP contribution in [0.25, 0.3) is 0 Å². The van der Waals surface area contributed by atoms with Crippen LogP contribution in [0.3, 0.4) is 0 Å². The molecule has 112 valence electrons. The minimum absolute atomic E-state index is 0.00516. The van der Waals surface area contributed by atoms with Crippen LogP contribution in [0.1, 0.15) is 17.2 Å². The highest BCUT2D eigenvalue weighted by Crippen LogP contribution is 2.33. The average Bonchev–Trinajstić information content (AvgIpc) is 2.56. The van der Waals surface area contributed by atoms with Crippen LogP contribution in [0.4, 0.5) is 0 Å². The van der Waals surface area contributed by atoms with Gasteiger partial charge in [-0.3, -0.25) is 10.1 Å². The van der Waals surface area contributed by atoms with Crippen LogP contribution in [0.15, 0.2) is 54.6 Å². The fourth-order valence-electron chi connectivity index (χ4n) is 3.27. The predicted octanol–water partition coefficient (Wildman–Crippen LogP) is 1.82. The Morgan fingerprint density at radius 2 is 1.82 bits per heavy atom. The molecule has 0 aromatic heterocycles. The molecule has 0 aliphatic carbocycles. The predicted molar refractivity (Wildman–Crippen MR) is 83.7 cm³/mol. The van der Waals surface area contributed by atoms with Gasteiger partial charge in [0.05, 0.1) is 18.1 Å². The first kappa shape index (κ1) is 13.3. The Labute approximate surface area is 129 Å². The quantitative estimate of drug-likeness (QED) is 0.888. The van der Waals surface area contributed by atoms with E-state index in [4.69, 9.17) is 4.74 Å². The second-order valence-electron chi connectivity index (χ2n) is 5.85. The van der Waals surface area contributed by atoms with E-state index in [0.29, 0.717) is 13.0 Å². The van der Waals surface area contributed by atoms with Gasteiger partial charge in [0.2, 0.25) is 5.91 Å². The van der Waals surface area contributed by atoms with Gasteiger partial charge in [0.25, 0.3) is 0 Å². The lowest BCUT2D eigenvalue weighted by molar-refractivity contribution is -0.127. The zero-order valence-corrected chi connectivity index (χ0v) is 12.2. The second-order valence-corrected chi connectivity index (χ2v) is 5.85. The standard InChI is InChI=1S/C18H18N2O2/c21-18-14(10-12-6-2-1-3-7-12)19-17-13-8-4-5-9-16(13)22-11-15(17)20-18/h1-9,14-15,17,19H,10-11H2,(H,20,21). The number of fused-ring (bicyclic) bond motifs is 3. The number of ether oxygens (including phenoxy) is 1. The SMILES string of the molecule is O=C1NC2COc3ccccc3C2NC1Cc1ccccc1. The minimum Gasteiger partial charge on any atom is -0.491 e. The zero-order chi connectivity index (χ0) is 14.9. The normalized spacial score (nSPS) is 26.4. The second kappa shape index (κ2) is 5.46. The molecule has 2 aliphatic heterocycles. The molecule has 1 fully saturated rings. The van der Waals surface area contributed by atoms with E-state index in [-0.39, 0.29) is 24.0 Å². The van der Waals surface area contributed by atoms with E-state index in [2.05, 4.69) is 28.8 Å². The van der Waals surface area contributed by atoms with Gasteiger partial charge < -0.3 is 10.1 Å². The van der Waals surface area contributed by atoms with Crippen molar-refractivity contribution in [1.82, 2.24) is 10.6 Å². The van der Waals surface area contributed by atoms with Crippen LogP contribution in [0.5, 0.6) is 5.75 Å². The summed E-state index contributed by atoms with van der Waals surface area (Å²) < 4.78 is 5.74. The van der Waals surface area contributed by atoms with E-state index in [0.717, 1.165) is 16.9 Å². The van der Waals surface area contributed by atoms with Crippen molar-refractivity contribution in [2.45, 2.75) is 24.5 Å². The number of benzene rings is 2. The van der Waals surface area contributed by atoms with Gasteiger partial charge in [-0.05, 0) is 18.1 Å². The van der Waals surface area contributed by atoms with Gasteiger partial charge in [-0.1, -0.05) is 48.5 Å². The Balaban J connectivity index is 1.59. The lowest BCUT2D eigenvalue weighted by Crippen LogP contribution is -2.63. The van der Waals surface area contributed by atoms with Gasteiger partial charge in [0.15, 0.2) is 0 Å². The first-order valence-electron chi connectivity index (χ1n) is 7.63. The van der Waals surface area contributed by atoms with Crippen LogP contribution >= 0.6 is 0 Å². The van der Waals surface area contributed by atoms with E-state index in [9.17, 15) is 4.79 Å². The fourth-order valence-corrected chi connectivity index (χ4v) is 3.27. The molecule has 2 aromatic carbocycles. The summed E-state index contributed by atoms with van der Waals surface area (Å²) in [6.07, 6.45) is 0.693. The number of carbonyl (C=O) groups is 1. The molecule has 3 atom stereocenters. The van der Waals surface area contributed by atoms with E-state index in [1.165, 1.54) is 0 Å². The van der Waals surface area contributed by atoms with Crippen molar-refractivity contribution in [3.8, 4) is 5.75 Å². The van der Waals surface area contributed by atoms with Crippen LogP contribution in [-0.2, 0) is 11.2 Å². The molecule has 1 amide bonds. The van der Waals surface area contributed by atoms with Crippen LogP contribution in [0.2, 0.25) is 0 Å². The third-order valence-electron chi connectivity index (χ3n) is 4.38. The Bertz CT molecular complexity index is 686. The molecule has 4 nitrogen and oxygen atoms in total. The van der Waals surface area contributed by atoms with E-state index >= 15 is 0 Å². The van der Waals surface area contributed by atoms with E-state index < -0.39 is 0 Å². The van der Waals surface area contributed by atoms with Gasteiger partial charge in [0.1, 0.15) is 12.4 Å². The number of amides is 1. The number of nitrogens with one attached hydrogen (secondary N) is 2. The Kier molecular flexibility index (Phi) is 3.31. The number of carbonyl (C=O) groups excluding carboxylic acids is 1. The van der Waals surface area contributed by atoms with Gasteiger partial charge in [0, 0.05) is 5.56 Å². The summed E-state index contributed by atoms with van der Waals surface area (Å²) in [7, 11) is 0. The van der Waals surface area contributed by atoms with Crippen LogP contribution in [-0.4, -0.2) is 24.6 Å². The molecule has 0 radical (unpaired) electrons. The third-order valence-corrected chi connectivity index (χ3v) is 4.38. The molecule has 2 N–H and O–H groups in total. The monoisotopic (exact) mass is 294 g/mol. The highest BCUT2D eigenvalue weighted by atomic mass is 16.5. The molecule has 0 spiro atoms. The van der Waals surface area contributed by atoms with Gasteiger partial charge in [-0.25, -0.2) is 0 Å². The summed E-state index contributed by atoms with van der Waals surface area (Å²) in [5.41, 5.74) is 2.28. The summed E-state index contributed by atoms with van der Waals surface area (Å²) >= 11 is 0. The molecule has 2 aliphatic rings. The summed E-state index contributed by atoms with van der Waals surface area (Å²) in [4.78, 5) is 12.3. The number of hydrogen-bond acceptors (Lipinski definition) is 3. The topological polar surface area (TPSA) is 50.4 Å². The zero-order valence-electron chi connectivity index (χ0n) is 12.2. The van der Waals surface area contributed by atoms with Crippen LogP contribution in [0, 0.1) is 0 Å². The Morgan fingerprint density at radius 3 is 2.68 bits per heavy atom. The van der Waals surface area contributed by atoms with Crippen molar-refractivity contribution in [2.75, 3.05) is 6.61 Å². The molecular weight excluding hydrogens is 276 g/mol. The maximum atomic E-state index is 12.3. The highest BCUT2D eigenvalue weighted by molar-refractivity contribution is 5.83. The lowest BCUT2D eigenvalue weighted by Gasteiger charge is -2.41. The number of piperazine rings is 1. The summed E-state index contributed by atoms with van der Waals surface area (Å²) in [5.74, 6) is 0.957. The first-order valence-corrected chi connectivity index (χ1v) is 7.63. The van der Waals surface area contributed by atoms with Crippen LogP contribution < -0.4 is 15.4 Å². The molecule has 4 rings (SSSR count). The molecule has 2 aromatic rings. The van der Waals surface area contributed by atoms with E-state index in [1.54, 1.807) is 0 Å². The fraction of sp³-hybridized carbons (Fsp3) is 0.278. The summed E-state index contributed by atoms with van der Waals surface area (Å²) in [6.45, 7) is 0.512. The van der Waals surface area contributed by atoms with Gasteiger partial charge in [-0.15, -0.1) is 0 Å². The first-order chi connectivity index (χ1) is 10.8. The van der Waals surface area contributed by atoms with Gasteiger partial charge >= 0.3 is 0 Å². The van der Waals surface area contributed by atoms with Crippen molar-refractivity contribution in [2.24, 2.45) is 0 Å². The third kappa shape index (κ3) is 2.35. The van der Waals surface area contributed by atoms with Crippen molar-refractivity contribution in [3.63, 3.8) is 0 Å². The molecule has 0 saturated carbocycles. The summed E-state index contributed by atoms with van der Waals surface area (Å²) in [6, 6.07) is 18.0. The largest absolute Gasteiger partial charge is 0.491 e. The molecule has 2 heterocycles. The highest BCUT2D eigenvalue weighted by Gasteiger charge is 2.39. The Morgan fingerprint density at radius 1 is 1.05 bits per heavy atom. The number of hydrogen-bond donors (Lipinski definition) is 2. The minimum atomic E-state index is -0.213. The van der Waals surface area contributed by atoms with Gasteiger partial charge in [-0.2, -0.15) is 0 Å². The Hall–Kier alpha value is -2.33. The number of para-hydroxylation sites is 1. The van der Waals surface area contributed by atoms with Crippen molar-refractivity contribution in [3.05, 3.63) is 65.7 Å². The van der Waals surface area contributed by atoms with Crippen molar-refractivity contribution in [1.29, 1.82) is 0 Å². The molecule has 3 unspecified atom stereocenters. The van der Waals surface area contributed by atoms with E-state index in [1.807, 2.05) is 36.4 Å². The molecule has 22 heavy (non-hydrogen) atoms. The lowest BCUT2D eigenvalue weighted by atomic mass is 9.91. The molecule has 1 saturated heterocycles. The number of rotatable bonds is 2. The average molecular weight is 294 g/mol. The molecular formula is C18H18N2O2. The molecule has 4 heteroatoms. The maximum absolute atomic E-state index is 12.3.